The molecule has 0 amide bonds. The molecule has 2 aliphatic rings. The summed E-state index contributed by atoms with van der Waals surface area (Å²) in [6.07, 6.45) is 1.91. The second kappa shape index (κ2) is 9.15. The van der Waals surface area contributed by atoms with Crippen molar-refractivity contribution in [1.82, 2.24) is 9.21 Å². The predicted octanol–water partition coefficient (Wildman–Crippen LogP) is 4.15. The van der Waals surface area contributed by atoms with Crippen LogP contribution in [0.15, 0.2) is 30.3 Å². The van der Waals surface area contributed by atoms with Crippen LogP contribution < -0.4 is 4.18 Å². The van der Waals surface area contributed by atoms with Gasteiger partial charge < -0.3 is 9.29 Å². The molecule has 1 heterocycles. The molecule has 2 fully saturated rings. The molecule has 1 aliphatic carbocycles. The summed E-state index contributed by atoms with van der Waals surface area (Å²) in [5, 5.41) is 9.73. The first-order valence-corrected chi connectivity index (χ1v) is 12.2. The van der Waals surface area contributed by atoms with Crippen LogP contribution >= 0.6 is 23.2 Å². The number of carbonyl (C=O) groups is 1. The van der Waals surface area contributed by atoms with Crippen molar-refractivity contribution in [2.24, 2.45) is 0 Å². The van der Waals surface area contributed by atoms with E-state index in [1.54, 1.807) is 0 Å². The fourth-order valence-corrected chi connectivity index (χ4v) is 5.37. The van der Waals surface area contributed by atoms with Gasteiger partial charge in [0.25, 0.3) is 0 Å². The highest BCUT2D eigenvalue weighted by Gasteiger charge is 2.32. The predicted molar refractivity (Wildman–Crippen MR) is 118 cm³/mol. The van der Waals surface area contributed by atoms with Gasteiger partial charge in [0.2, 0.25) is 0 Å². The third-order valence-corrected chi connectivity index (χ3v) is 7.39. The van der Waals surface area contributed by atoms with Crippen molar-refractivity contribution in [3.05, 3.63) is 62.9 Å². The summed E-state index contributed by atoms with van der Waals surface area (Å²) >= 11 is 11.8. The van der Waals surface area contributed by atoms with Crippen LogP contribution in [0.5, 0.6) is 5.75 Å². The van der Waals surface area contributed by atoms with E-state index in [0.717, 1.165) is 24.0 Å². The number of hydrogen-bond acceptors (Lipinski definition) is 5. The van der Waals surface area contributed by atoms with Gasteiger partial charge in [-0.3, -0.25) is 4.90 Å². The highest BCUT2D eigenvalue weighted by atomic mass is 35.5. The molecule has 0 radical (unpaired) electrons. The third kappa shape index (κ3) is 5.35. The number of halogens is 3. The molecule has 2 aromatic rings. The lowest BCUT2D eigenvalue weighted by molar-refractivity contribution is 0.0691. The van der Waals surface area contributed by atoms with E-state index < -0.39 is 22.1 Å². The summed E-state index contributed by atoms with van der Waals surface area (Å²) in [5.41, 5.74) is 1.29. The molecule has 2 aromatic carbocycles. The molecule has 1 saturated heterocycles. The van der Waals surface area contributed by atoms with E-state index in [4.69, 9.17) is 27.4 Å². The summed E-state index contributed by atoms with van der Waals surface area (Å²) in [4.78, 5) is 13.3. The van der Waals surface area contributed by atoms with Gasteiger partial charge in [-0.15, -0.1) is 0 Å². The van der Waals surface area contributed by atoms with Crippen molar-refractivity contribution in [1.29, 1.82) is 0 Å². The fourth-order valence-electron chi connectivity index (χ4n) is 3.81. The topological polar surface area (TPSA) is 87.2 Å². The average molecular weight is 503 g/mol. The lowest BCUT2D eigenvalue weighted by Crippen LogP contribution is -2.49. The first-order valence-electron chi connectivity index (χ1n) is 10.1. The second-order valence-corrected chi connectivity index (χ2v) is 10.3. The summed E-state index contributed by atoms with van der Waals surface area (Å²) in [6.45, 7) is 1.66. The zero-order chi connectivity index (χ0) is 23.0. The molecular formula is C21H21Cl2FN2O5S. The van der Waals surface area contributed by atoms with E-state index in [0.29, 0.717) is 19.6 Å². The van der Waals surface area contributed by atoms with Gasteiger partial charge in [-0.1, -0.05) is 23.2 Å². The SMILES string of the molecule is O=C(O)c1cc(C2CC2)c(CN2CCN(S(=O)(=O)Oc3cc(Cl)cc(Cl)c3)CC2)cc1F. The fraction of sp³-hybridized carbons (Fsp3) is 0.381. The Labute approximate surface area is 195 Å². The van der Waals surface area contributed by atoms with Crippen LogP contribution in [0.1, 0.15) is 40.2 Å². The van der Waals surface area contributed by atoms with Gasteiger partial charge in [-0.2, -0.15) is 12.7 Å². The van der Waals surface area contributed by atoms with Gasteiger partial charge >= 0.3 is 16.3 Å². The van der Waals surface area contributed by atoms with Gasteiger partial charge in [0.1, 0.15) is 11.6 Å². The number of piperazine rings is 1. The van der Waals surface area contributed by atoms with E-state index in [-0.39, 0.29) is 40.4 Å². The molecule has 1 N–H and O–H groups in total. The van der Waals surface area contributed by atoms with Crippen molar-refractivity contribution < 1.29 is 26.9 Å². The normalized spacial score (nSPS) is 18.0. The monoisotopic (exact) mass is 502 g/mol. The molecule has 4 rings (SSSR count). The van der Waals surface area contributed by atoms with Gasteiger partial charge in [-0.25, -0.2) is 9.18 Å². The maximum absolute atomic E-state index is 14.3. The zero-order valence-electron chi connectivity index (χ0n) is 16.9. The number of nitrogens with zero attached hydrogens (tertiary/aromatic N) is 2. The van der Waals surface area contributed by atoms with Crippen molar-refractivity contribution in [3.63, 3.8) is 0 Å². The standard InChI is InChI=1S/C21H21Cl2FN2O5S/c22-15-8-16(23)10-17(9-15)31-32(29,30)26-5-3-25(4-6-26)12-14-7-20(24)19(21(27)28)11-18(14)13-1-2-13/h7-11,13H,1-6,12H2,(H,27,28). The van der Waals surface area contributed by atoms with Crippen LogP contribution in [0.3, 0.4) is 0 Å². The second-order valence-electron chi connectivity index (χ2n) is 7.93. The Morgan fingerprint density at radius 3 is 2.25 bits per heavy atom. The molecule has 0 aromatic heterocycles. The van der Waals surface area contributed by atoms with Crippen LogP contribution in [0.25, 0.3) is 0 Å². The number of carboxylic acid groups (broad SMARTS) is 1. The molecule has 7 nitrogen and oxygen atoms in total. The van der Waals surface area contributed by atoms with Crippen LogP contribution in [0, 0.1) is 5.82 Å². The van der Waals surface area contributed by atoms with Crippen LogP contribution in [0.2, 0.25) is 10.0 Å². The Hall–Kier alpha value is -1.91. The summed E-state index contributed by atoms with van der Waals surface area (Å²) in [5.74, 6) is -1.75. The Kier molecular flexibility index (Phi) is 6.65. The number of hydrogen-bond donors (Lipinski definition) is 1. The van der Waals surface area contributed by atoms with Crippen LogP contribution in [0.4, 0.5) is 4.39 Å². The first kappa shape index (κ1) is 23.3. The van der Waals surface area contributed by atoms with Gasteiger partial charge in [0.05, 0.1) is 5.56 Å². The number of carboxylic acids is 1. The summed E-state index contributed by atoms with van der Waals surface area (Å²) in [6, 6.07) is 6.95. The van der Waals surface area contributed by atoms with Crippen molar-refractivity contribution in [2.75, 3.05) is 26.2 Å². The Morgan fingerprint density at radius 1 is 1.06 bits per heavy atom. The minimum Gasteiger partial charge on any atom is -0.478 e. The highest BCUT2D eigenvalue weighted by molar-refractivity contribution is 7.84. The van der Waals surface area contributed by atoms with Crippen molar-refractivity contribution in [3.8, 4) is 5.75 Å². The quantitative estimate of drug-likeness (QED) is 0.611. The third-order valence-electron chi connectivity index (χ3n) is 5.56. The van der Waals surface area contributed by atoms with E-state index in [2.05, 4.69) is 0 Å². The lowest BCUT2D eigenvalue weighted by atomic mass is 9.98. The molecule has 1 saturated carbocycles. The van der Waals surface area contributed by atoms with E-state index in [9.17, 15) is 22.7 Å². The smallest absolute Gasteiger partial charge is 0.385 e. The van der Waals surface area contributed by atoms with Gasteiger partial charge in [0, 0.05) is 54.9 Å². The average Bonchev–Trinajstić information content (AvgIpc) is 3.52. The summed E-state index contributed by atoms with van der Waals surface area (Å²) < 4.78 is 45.9. The lowest BCUT2D eigenvalue weighted by Gasteiger charge is -2.33. The van der Waals surface area contributed by atoms with Gasteiger partial charge in [0.15, 0.2) is 0 Å². The molecule has 0 spiro atoms. The number of benzene rings is 2. The minimum atomic E-state index is -4.04. The molecule has 0 unspecified atom stereocenters. The maximum Gasteiger partial charge on any atom is 0.385 e. The first-order chi connectivity index (χ1) is 15.1. The van der Waals surface area contributed by atoms with Gasteiger partial charge in [-0.05, 0) is 48.1 Å². The molecular weight excluding hydrogens is 482 g/mol. The van der Waals surface area contributed by atoms with E-state index >= 15 is 0 Å². The molecule has 172 valence electrons. The Bertz CT molecular complexity index is 1130. The molecule has 0 bridgehead atoms. The minimum absolute atomic E-state index is 0.0352. The van der Waals surface area contributed by atoms with Crippen LogP contribution in [-0.2, 0) is 16.8 Å². The number of aromatic carboxylic acids is 1. The molecule has 1 aliphatic heterocycles. The molecule has 11 heteroatoms. The van der Waals surface area contributed by atoms with Crippen molar-refractivity contribution in [2.45, 2.75) is 25.3 Å². The van der Waals surface area contributed by atoms with E-state index in [1.165, 1.54) is 34.6 Å². The molecule has 0 atom stereocenters. The largest absolute Gasteiger partial charge is 0.478 e. The molecule has 32 heavy (non-hydrogen) atoms. The summed E-state index contributed by atoms with van der Waals surface area (Å²) in [7, 11) is -4.04. The Morgan fingerprint density at radius 2 is 1.69 bits per heavy atom. The van der Waals surface area contributed by atoms with Crippen LogP contribution in [-0.4, -0.2) is 54.9 Å². The zero-order valence-corrected chi connectivity index (χ0v) is 19.3. The van der Waals surface area contributed by atoms with E-state index in [1.807, 2.05) is 4.90 Å². The maximum atomic E-state index is 14.3. The highest BCUT2D eigenvalue weighted by Crippen LogP contribution is 2.42. The van der Waals surface area contributed by atoms with Crippen molar-refractivity contribution >= 4 is 39.5 Å². The number of rotatable bonds is 7. The Balaban J connectivity index is 1.42.